The molecule has 1 aliphatic heterocycles. The van der Waals surface area contributed by atoms with Crippen molar-refractivity contribution in [1.82, 2.24) is 0 Å². The molecule has 3 aromatic rings. The van der Waals surface area contributed by atoms with Gasteiger partial charge >= 0.3 is 0 Å². The zero-order valence-electron chi connectivity index (χ0n) is 19.1. The van der Waals surface area contributed by atoms with Crippen LogP contribution in [0.1, 0.15) is 29.9 Å². The molecule has 4 rings (SSSR count). The van der Waals surface area contributed by atoms with Crippen molar-refractivity contribution in [2.24, 2.45) is 0 Å². The Morgan fingerprint density at radius 1 is 0.909 bits per heavy atom. The maximum absolute atomic E-state index is 13.6. The van der Waals surface area contributed by atoms with Gasteiger partial charge in [0.25, 0.3) is 11.8 Å². The number of carbonyl (C=O) groups excluding carboxylic acids is 2. The van der Waals surface area contributed by atoms with E-state index in [2.05, 4.69) is 5.32 Å². The van der Waals surface area contributed by atoms with Crippen LogP contribution < -0.4 is 19.7 Å². The van der Waals surface area contributed by atoms with Crippen LogP contribution in [0, 0.1) is 13.8 Å². The molecule has 2 amide bonds. The van der Waals surface area contributed by atoms with Gasteiger partial charge in [0.15, 0.2) is 11.5 Å². The van der Waals surface area contributed by atoms with Gasteiger partial charge in [0.2, 0.25) is 0 Å². The summed E-state index contributed by atoms with van der Waals surface area (Å²) in [6.07, 6.45) is 0. The van der Waals surface area contributed by atoms with Gasteiger partial charge in [-0.05, 0) is 68.5 Å². The molecule has 0 fully saturated rings. The van der Waals surface area contributed by atoms with Gasteiger partial charge in [-0.1, -0.05) is 18.2 Å². The first kappa shape index (κ1) is 22.6. The van der Waals surface area contributed by atoms with Gasteiger partial charge in [-0.2, -0.15) is 0 Å². The molecule has 0 bridgehead atoms. The van der Waals surface area contributed by atoms with Crippen molar-refractivity contribution in [2.75, 3.05) is 23.4 Å². The summed E-state index contributed by atoms with van der Waals surface area (Å²) in [6, 6.07) is 14.9. The summed E-state index contributed by atoms with van der Waals surface area (Å²) in [7, 11) is 0. The minimum absolute atomic E-state index is 0.245. The average molecular weight is 463 g/mol. The van der Waals surface area contributed by atoms with E-state index in [9.17, 15) is 9.59 Å². The van der Waals surface area contributed by atoms with Crippen LogP contribution in [0.15, 0.2) is 59.6 Å². The van der Waals surface area contributed by atoms with Crippen molar-refractivity contribution < 1.29 is 19.1 Å². The van der Waals surface area contributed by atoms with Crippen molar-refractivity contribution in [3.63, 3.8) is 0 Å². The minimum Gasteiger partial charge on any atom is -0.490 e. The maximum atomic E-state index is 13.6. The van der Waals surface area contributed by atoms with E-state index in [4.69, 9.17) is 9.47 Å². The number of thiophene rings is 1. The van der Waals surface area contributed by atoms with E-state index in [1.165, 1.54) is 16.2 Å². The third-order valence-electron chi connectivity index (χ3n) is 5.27. The van der Waals surface area contributed by atoms with Crippen molar-refractivity contribution in [3.05, 3.63) is 75.6 Å². The van der Waals surface area contributed by atoms with Crippen LogP contribution in [0.5, 0.6) is 11.5 Å². The number of hydrogen-bond donors (Lipinski definition) is 1. The topological polar surface area (TPSA) is 67.9 Å². The van der Waals surface area contributed by atoms with E-state index >= 15 is 0 Å². The van der Waals surface area contributed by atoms with Crippen LogP contribution in [0.25, 0.3) is 5.57 Å². The number of amides is 2. The normalized spacial score (nSPS) is 13.6. The highest BCUT2D eigenvalue weighted by atomic mass is 32.1. The molecule has 33 heavy (non-hydrogen) atoms. The standard InChI is InChI=1S/C26H26N2O4S/c1-5-31-20-12-11-18(15-21(20)32-6-2)27-24-23(22-8-7-13-33-22)25(29)28(26(24)30)19-14-16(3)9-10-17(19)4/h7-15,27H,5-6H2,1-4H3. The lowest BCUT2D eigenvalue weighted by atomic mass is 10.1. The van der Waals surface area contributed by atoms with E-state index < -0.39 is 0 Å². The van der Waals surface area contributed by atoms with E-state index in [1.54, 1.807) is 12.1 Å². The first-order valence-electron chi connectivity index (χ1n) is 10.9. The molecule has 7 heteroatoms. The monoisotopic (exact) mass is 462 g/mol. The quantitative estimate of drug-likeness (QED) is 0.444. The molecular weight excluding hydrogens is 436 g/mol. The number of nitrogens with zero attached hydrogens (tertiary/aromatic N) is 1. The Balaban J connectivity index is 1.77. The molecule has 0 spiro atoms. The van der Waals surface area contributed by atoms with Gasteiger partial charge in [-0.25, -0.2) is 4.90 Å². The van der Waals surface area contributed by atoms with E-state index in [0.29, 0.717) is 41.7 Å². The number of anilines is 2. The SMILES string of the molecule is CCOc1ccc(NC2=C(c3cccs3)C(=O)N(c3cc(C)ccc3C)C2=O)cc1OCC. The van der Waals surface area contributed by atoms with Crippen LogP contribution in [-0.4, -0.2) is 25.0 Å². The number of rotatable bonds is 8. The molecule has 2 heterocycles. The van der Waals surface area contributed by atoms with Crippen LogP contribution >= 0.6 is 11.3 Å². The highest BCUT2D eigenvalue weighted by molar-refractivity contribution is 7.11. The third kappa shape index (κ3) is 4.36. The molecule has 170 valence electrons. The second-order valence-corrected chi connectivity index (χ2v) is 8.56. The minimum atomic E-state index is -0.385. The Morgan fingerprint density at radius 3 is 2.36 bits per heavy atom. The second kappa shape index (κ2) is 9.50. The third-order valence-corrected chi connectivity index (χ3v) is 6.16. The van der Waals surface area contributed by atoms with Crippen LogP contribution in [-0.2, 0) is 9.59 Å². The van der Waals surface area contributed by atoms with Gasteiger partial charge in [0, 0.05) is 16.6 Å². The lowest BCUT2D eigenvalue weighted by molar-refractivity contribution is -0.120. The van der Waals surface area contributed by atoms with E-state index in [-0.39, 0.29) is 17.5 Å². The molecule has 0 unspecified atom stereocenters. The van der Waals surface area contributed by atoms with E-state index in [1.807, 2.05) is 69.5 Å². The molecule has 1 aliphatic rings. The fourth-order valence-corrected chi connectivity index (χ4v) is 4.52. The predicted molar refractivity (Wildman–Crippen MR) is 132 cm³/mol. The van der Waals surface area contributed by atoms with Crippen molar-refractivity contribution in [2.45, 2.75) is 27.7 Å². The van der Waals surface area contributed by atoms with Gasteiger partial charge in [-0.15, -0.1) is 11.3 Å². The molecule has 1 aromatic heterocycles. The molecular formula is C26H26N2O4S. The highest BCUT2D eigenvalue weighted by Crippen LogP contribution is 2.38. The summed E-state index contributed by atoms with van der Waals surface area (Å²) in [5.41, 5.74) is 3.67. The Kier molecular flexibility index (Phi) is 6.51. The summed E-state index contributed by atoms with van der Waals surface area (Å²) >= 11 is 1.42. The zero-order valence-corrected chi connectivity index (χ0v) is 19.9. The van der Waals surface area contributed by atoms with Crippen molar-refractivity contribution >= 4 is 40.1 Å². The van der Waals surface area contributed by atoms with Gasteiger partial charge in [0.05, 0.1) is 24.5 Å². The first-order chi connectivity index (χ1) is 15.9. The van der Waals surface area contributed by atoms with Crippen molar-refractivity contribution in [1.29, 1.82) is 0 Å². The molecule has 0 saturated carbocycles. The largest absolute Gasteiger partial charge is 0.490 e. The highest BCUT2D eigenvalue weighted by Gasteiger charge is 2.41. The zero-order chi connectivity index (χ0) is 23.5. The Morgan fingerprint density at radius 2 is 1.67 bits per heavy atom. The molecule has 0 saturated heterocycles. The van der Waals surface area contributed by atoms with Crippen LogP contribution in [0.2, 0.25) is 0 Å². The lowest BCUT2D eigenvalue weighted by Gasteiger charge is -2.18. The number of ether oxygens (including phenoxy) is 2. The second-order valence-electron chi connectivity index (χ2n) is 7.62. The molecule has 0 aliphatic carbocycles. The fraction of sp³-hybridized carbons (Fsp3) is 0.231. The van der Waals surface area contributed by atoms with Gasteiger partial charge < -0.3 is 14.8 Å². The molecule has 6 nitrogen and oxygen atoms in total. The molecule has 0 radical (unpaired) electrons. The summed E-state index contributed by atoms with van der Waals surface area (Å²) in [6.45, 7) is 8.63. The number of hydrogen-bond acceptors (Lipinski definition) is 6. The van der Waals surface area contributed by atoms with Crippen LogP contribution in [0.4, 0.5) is 11.4 Å². The number of nitrogens with one attached hydrogen (secondary N) is 1. The molecule has 1 N–H and O–H groups in total. The maximum Gasteiger partial charge on any atom is 0.282 e. The first-order valence-corrected chi connectivity index (χ1v) is 11.7. The Hall–Kier alpha value is -3.58. The van der Waals surface area contributed by atoms with Crippen LogP contribution in [0.3, 0.4) is 0 Å². The lowest BCUT2D eigenvalue weighted by Crippen LogP contribution is -2.33. The Bertz CT molecular complexity index is 1230. The number of carbonyl (C=O) groups is 2. The number of benzene rings is 2. The smallest absolute Gasteiger partial charge is 0.282 e. The summed E-state index contributed by atoms with van der Waals surface area (Å²) in [5.74, 6) is 0.479. The average Bonchev–Trinajstić information content (AvgIpc) is 3.39. The van der Waals surface area contributed by atoms with E-state index in [0.717, 1.165) is 16.0 Å². The fourth-order valence-electron chi connectivity index (χ4n) is 3.75. The van der Waals surface area contributed by atoms with Gasteiger partial charge in [-0.3, -0.25) is 9.59 Å². The molecule has 2 aromatic carbocycles. The molecule has 0 atom stereocenters. The Labute approximate surface area is 197 Å². The van der Waals surface area contributed by atoms with Crippen molar-refractivity contribution in [3.8, 4) is 11.5 Å². The number of aryl methyl sites for hydroxylation is 2. The summed E-state index contributed by atoms with van der Waals surface area (Å²) in [5, 5.41) is 5.09. The predicted octanol–water partition coefficient (Wildman–Crippen LogP) is 5.56. The number of imide groups is 1. The summed E-state index contributed by atoms with van der Waals surface area (Å²) < 4.78 is 11.4. The van der Waals surface area contributed by atoms with Gasteiger partial charge in [0.1, 0.15) is 5.70 Å². The summed E-state index contributed by atoms with van der Waals surface area (Å²) in [4.78, 5) is 29.2.